The number of benzene rings is 2. The molecule has 0 spiro atoms. The van der Waals surface area contributed by atoms with E-state index in [4.69, 9.17) is 4.74 Å². The highest BCUT2D eigenvalue weighted by Gasteiger charge is 2.16. The molecule has 0 unspecified atom stereocenters. The topological polar surface area (TPSA) is 44.1 Å². The Morgan fingerprint density at radius 3 is 2.54 bits per heavy atom. The van der Waals surface area contributed by atoms with Crippen LogP contribution in [0.25, 0.3) is 21.3 Å². The number of fused-ring (bicyclic) bond motifs is 1. The quantitative estimate of drug-likeness (QED) is 0.425. The van der Waals surface area contributed by atoms with Crippen molar-refractivity contribution in [3.8, 4) is 16.9 Å². The van der Waals surface area contributed by atoms with Gasteiger partial charge < -0.3 is 4.74 Å². The van der Waals surface area contributed by atoms with Crippen molar-refractivity contribution in [2.24, 2.45) is 0 Å². The lowest BCUT2D eigenvalue weighted by molar-refractivity contribution is 0.301. The van der Waals surface area contributed by atoms with Crippen LogP contribution in [0.15, 0.2) is 65.7 Å². The first-order chi connectivity index (χ1) is 13.6. The molecule has 2 heterocycles. The van der Waals surface area contributed by atoms with Crippen molar-refractivity contribution in [2.75, 3.05) is 6.61 Å². The van der Waals surface area contributed by atoms with Crippen molar-refractivity contribution in [3.05, 3.63) is 81.7 Å². The van der Waals surface area contributed by atoms with Crippen molar-refractivity contribution in [2.45, 2.75) is 26.8 Å². The van der Waals surface area contributed by atoms with Gasteiger partial charge in [0.15, 0.2) is 0 Å². The summed E-state index contributed by atoms with van der Waals surface area (Å²) >= 11 is 1.58. The zero-order valence-corrected chi connectivity index (χ0v) is 16.8. The summed E-state index contributed by atoms with van der Waals surface area (Å²) in [6.45, 7) is 5.26. The van der Waals surface area contributed by atoms with E-state index in [1.807, 2.05) is 30.3 Å². The molecule has 0 N–H and O–H groups in total. The van der Waals surface area contributed by atoms with Crippen LogP contribution in [-0.2, 0) is 6.54 Å². The van der Waals surface area contributed by atoms with Gasteiger partial charge in [-0.15, -0.1) is 11.3 Å². The van der Waals surface area contributed by atoms with Crippen LogP contribution >= 0.6 is 11.3 Å². The Labute approximate surface area is 168 Å². The second-order valence-electron chi connectivity index (χ2n) is 6.84. The standard InChI is InChI=1S/C23H22N2O2S/c1-16-9-11-18(12-10-16)20-17(2)28-22-21(20)23(26)25(15-24-22)13-6-14-27-19-7-4-3-5-8-19/h3-5,7-12,15H,6,13-14H2,1-2H3. The molecule has 4 nitrogen and oxygen atoms in total. The van der Waals surface area contributed by atoms with Crippen molar-refractivity contribution in [3.63, 3.8) is 0 Å². The van der Waals surface area contributed by atoms with Crippen LogP contribution in [-0.4, -0.2) is 16.2 Å². The molecule has 5 heteroatoms. The number of hydrogen-bond acceptors (Lipinski definition) is 4. The lowest BCUT2D eigenvalue weighted by Crippen LogP contribution is -2.21. The Balaban J connectivity index is 1.58. The first kappa shape index (κ1) is 18.4. The van der Waals surface area contributed by atoms with Gasteiger partial charge in [-0.25, -0.2) is 4.98 Å². The van der Waals surface area contributed by atoms with E-state index in [1.165, 1.54) is 5.56 Å². The minimum absolute atomic E-state index is 0.0182. The van der Waals surface area contributed by atoms with Crippen LogP contribution in [0.2, 0.25) is 0 Å². The fourth-order valence-electron chi connectivity index (χ4n) is 3.31. The first-order valence-corrected chi connectivity index (χ1v) is 10.2. The molecule has 0 amide bonds. The van der Waals surface area contributed by atoms with E-state index in [1.54, 1.807) is 22.2 Å². The Kier molecular flexibility index (Phi) is 5.26. The average molecular weight is 391 g/mol. The summed E-state index contributed by atoms with van der Waals surface area (Å²) < 4.78 is 7.42. The molecule has 0 atom stereocenters. The summed E-state index contributed by atoms with van der Waals surface area (Å²) in [6, 6.07) is 18.0. The van der Waals surface area contributed by atoms with Gasteiger partial charge in [-0.2, -0.15) is 0 Å². The SMILES string of the molecule is Cc1ccc(-c2c(C)sc3ncn(CCCOc4ccccc4)c(=O)c23)cc1. The molecule has 0 saturated carbocycles. The zero-order valence-electron chi connectivity index (χ0n) is 16.0. The lowest BCUT2D eigenvalue weighted by Gasteiger charge is -2.08. The van der Waals surface area contributed by atoms with E-state index in [0.717, 1.165) is 38.4 Å². The summed E-state index contributed by atoms with van der Waals surface area (Å²) in [4.78, 5) is 19.6. The molecule has 0 radical (unpaired) electrons. The maximum absolute atomic E-state index is 13.2. The van der Waals surface area contributed by atoms with Gasteiger partial charge in [-0.05, 0) is 38.0 Å². The monoisotopic (exact) mass is 390 g/mol. The molecule has 0 saturated heterocycles. The number of rotatable bonds is 6. The third-order valence-electron chi connectivity index (χ3n) is 4.75. The van der Waals surface area contributed by atoms with E-state index >= 15 is 0 Å². The molecule has 142 valence electrons. The summed E-state index contributed by atoms with van der Waals surface area (Å²) in [7, 11) is 0. The Bertz CT molecular complexity index is 1150. The predicted octanol–water partition coefficient (Wildman–Crippen LogP) is 5.21. The van der Waals surface area contributed by atoms with Crippen molar-refractivity contribution in [1.29, 1.82) is 0 Å². The Hall–Kier alpha value is -2.92. The summed E-state index contributed by atoms with van der Waals surface area (Å²) in [5, 5.41) is 0.720. The highest BCUT2D eigenvalue weighted by atomic mass is 32.1. The molecule has 0 aliphatic rings. The second kappa shape index (κ2) is 7.98. The van der Waals surface area contributed by atoms with Gasteiger partial charge in [-0.3, -0.25) is 9.36 Å². The number of para-hydroxylation sites is 1. The van der Waals surface area contributed by atoms with Gasteiger partial charge in [0, 0.05) is 17.0 Å². The van der Waals surface area contributed by atoms with Crippen LogP contribution in [0, 0.1) is 13.8 Å². The number of aromatic nitrogens is 2. The Morgan fingerprint density at radius 2 is 1.79 bits per heavy atom. The normalized spacial score (nSPS) is 11.1. The fourth-order valence-corrected chi connectivity index (χ4v) is 4.31. The molecule has 0 aliphatic carbocycles. The summed E-state index contributed by atoms with van der Waals surface area (Å²) in [6.07, 6.45) is 2.40. The van der Waals surface area contributed by atoms with E-state index in [9.17, 15) is 4.79 Å². The van der Waals surface area contributed by atoms with E-state index in [0.29, 0.717) is 13.2 Å². The number of ether oxygens (including phenoxy) is 1. The molecule has 0 fully saturated rings. The smallest absolute Gasteiger partial charge is 0.262 e. The average Bonchev–Trinajstić information content (AvgIpc) is 3.05. The third-order valence-corrected chi connectivity index (χ3v) is 5.76. The third kappa shape index (κ3) is 3.71. The van der Waals surface area contributed by atoms with Gasteiger partial charge >= 0.3 is 0 Å². The summed E-state index contributed by atoms with van der Waals surface area (Å²) in [5.74, 6) is 0.846. The molecular formula is C23H22N2O2S. The van der Waals surface area contributed by atoms with Gasteiger partial charge in [0.2, 0.25) is 0 Å². The van der Waals surface area contributed by atoms with Crippen LogP contribution < -0.4 is 10.3 Å². The number of hydrogen-bond donors (Lipinski definition) is 0. The van der Waals surface area contributed by atoms with Crippen LogP contribution in [0.1, 0.15) is 16.9 Å². The molecule has 2 aromatic heterocycles. The van der Waals surface area contributed by atoms with Crippen LogP contribution in [0.4, 0.5) is 0 Å². The predicted molar refractivity (Wildman–Crippen MR) is 115 cm³/mol. The summed E-state index contributed by atoms with van der Waals surface area (Å²) in [5.41, 5.74) is 3.30. The highest BCUT2D eigenvalue weighted by molar-refractivity contribution is 7.19. The first-order valence-electron chi connectivity index (χ1n) is 9.37. The minimum Gasteiger partial charge on any atom is -0.494 e. The number of thiophene rings is 1. The maximum Gasteiger partial charge on any atom is 0.262 e. The van der Waals surface area contributed by atoms with Gasteiger partial charge in [-0.1, -0.05) is 48.0 Å². The molecule has 4 aromatic rings. The van der Waals surface area contributed by atoms with Crippen LogP contribution in [0.5, 0.6) is 5.75 Å². The van der Waals surface area contributed by atoms with Crippen molar-refractivity contribution in [1.82, 2.24) is 9.55 Å². The van der Waals surface area contributed by atoms with E-state index < -0.39 is 0 Å². The maximum atomic E-state index is 13.2. The minimum atomic E-state index is 0.0182. The van der Waals surface area contributed by atoms with E-state index in [-0.39, 0.29) is 5.56 Å². The lowest BCUT2D eigenvalue weighted by atomic mass is 10.0. The van der Waals surface area contributed by atoms with Crippen LogP contribution in [0.3, 0.4) is 0 Å². The van der Waals surface area contributed by atoms with Gasteiger partial charge in [0.1, 0.15) is 10.6 Å². The van der Waals surface area contributed by atoms with Gasteiger partial charge in [0.25, 0.3) is 5.56 Å². The fraction of sp³-hybridized carbons (Fsp3) is 0.217. The molecule has 0 aliphatic heterocycles. The highest BCUT2D eigenvalue weighted by Crippen LogP contribution is 2.35. The largest absolute Gasteiger partial charge is 0.494 e. The zero-order chi connectivity index (χ0) is 19.5. The van der Waals surface area contributed by atoms with E-state index in [2.05, 4.69) is 43.1 Å². The molecule has 0 bridgehead atoms. The molecule has 4 rings (SSSR count). The number of nitrogens with zero attached hydrogens (tertiary/aromatic N) is 2. The second-order valence-corrected chi connectivity index (χ2v) is 8.04. The Morgan fingerprint density at radius 1 is 1.04 bits per heavy atom. The van der Waals surface area contributed by atoms with Gasteiger partial charge in [0.05, 0.1) is 18.3 Å². The molecule has 28 heavy (non-hydrogen) atoms. The molecule has 2 aromatic carbocycles. The van der Waals surface area contributed by atoms with Crippen molar-refractivity contribution < 1.29 is 4.74 Å². The number of aryl methyl sites for hydroxylation is 3. The molecular weight excluding hydrogens is 368 g/mol. The van der Waals surface area contributed by atoms with Crippen molar-refractivity contribution >= 4 is 21.6 Å².